The second kappa shape index (κ2) is 11.1. The second-order valence-electron chi connectivity index (χ2n) is 9.12. The fourth-order valence-corrected chi connectivity index (χ4v) is 5.68. The number of fused-ring (bicyclic) bond motifs is 1. The molecule has 0 aromatic rings. The number of carbonyl (C=O) groups excluding carboxylic acids is 3. The fraction of sp³-hybridized carbons (Fsp3) is 0.792. The third kappa shape index (κ3) is 5.13. The first-order valence-electron chi connectivity index (χ1n) is 12.1. The number of hydrogen-bond donors (Lipinski definition) is 2. The highest BCUT2D eigenvalue weighted by molar-refractivity contribution is 5.96. The molecule has 7 nitrogen and oxygen atoms in total. The maximum absolute atomic E-state index is 13.5. The normalized spacial score (nSPS) is 30.9. The van der Waals surface area contributed by atoms with Gasteiger partial charge in [0.2, 0.25) is 11.8 Å². The van der Waals surface area contributed by atoms with Gasteiger partial charge < -0.3 is 20.1 Å². The average Bonchev–Trinajstić information content (AvgIpc) is 3.05. The predicted molar refractivity (Wildman–Crippen MR) is 117 cm³/mol. The van der Waals surface area contributed by atoms with Crippen LogP contribution in [-0.2, 0) is 19.1 Å². The Bertz CT molecular complexity index is 673. The fourth-order valence-electron chi connectivity index (χ4n) is 5.68. The summed E-state index contributed by atoms with van der Waals surface area (Å²) in [4.78, 5) is 41.4. The summed E-state index contributed by atoms with van der Waals surface area (Å²) < 4.78 is 5.36. The van der Waals surface area contributed by atoms with Crippen molar-refractivity contribution < 1.29 is 24.2 Å². The number of likely N-dealkylation sites (tertiary alicyclic amines) is 1. The largest absolute Gasteiger partial charge is 0.466 e. The van der Waals surface area contributed by atoms with Crippen molar-refractivity contribution in [2.45, 2.75) is 77.3 Å². The summed E-state index contributed by atoms with van der Waals surface area (Å²) in [7, 11) is 0. The summed E-state index contributed by atoms with van der Waals surface area (Å²) >= 11 is 0. The van der Waals surface area contributed by atoms with Gasteiger partial charge >= 0.3 is 5.97 Å². The van der Waals surface area contributed by atoms with Crippen LogP contribution in [0.5, 0.6) is 0 Å². The van der Waals surface area contributed by atoms with Gasteiger partial charge in [0.15, 0.2) is 0 Å². The molecule has 1 saturated carbocycles. The molecule has 1 heterocycles. The number of esters is 1. The van der Waals surface area contributed by atoms with Crippen molar-refractivity contribution in [1.82, 2.24) is 10.2 Å². The Morgan fingerprint density at radius 2 is 1.94 bits per heavy atom. The number of aliphatic hydroxyl groups is 1. The monoisotopic (exact) mass is 434 g/mol. The molecule has 0 aromatic carbocycles. The number of amides is 2. The number of hydrogen-bond acceptors (Lipinski definition) is 5. The van der Waals surface area contributed by atoms with Crippen molar-refractivity contribution in [2.24, 2.45) is 23.7 Å². The van der Waals surface area contributed by atoms with Gasteiger partial charge in [0.1, 0.15) is 6.04 Å². The van der Waals surface area contributed by atoms with Gasteiger partial charge in [-0.05, 0) is 38.5 Å². The van der Waals surface area contributed by atoms with Crippen molar-refractivity contribution in [3.05, 3.63) is 12.2 Å². The van der Waals surface area contributed by atoms with Crippen LogP contribution in [0, 0.1) is 23.7 Å². The molecule has 5 atom stereocenters. The molecule has 0 aromatic heterocycles. The summed E-state index contributed by atoms with van der Waals surface area (Å²) in [5, 5.41) is 12.5. The lowest BCUT2D eigenvalue weighted by Crippen LogP contribution is -2.50. The van der Waals surface area contributed by atoms with Crippen molar-refractivity contribution >= 4 is 17.8 Å². The van der Waals surface area contributed by atoms with Crippen molar-refractivity contribution in [3.63, 3.8) is 0 Å². The van der Waals surface area contributed by atoms with Crippen LogP contribution in [0.3, 0.4) is 0 Å². The van der Waals surface area contributed by atoms with Gasteiger partial charge in [-0.3, -0.25) is 14.4 Å². The molecule has 2 N–H and O–H groups in total. The molecule has 2 aliphatic carbocycles. The summed E-state index contributed by atoms with van der Waals surface area (Å²) in [5.41, 5.74) is 0. The Hall–Kier alpha value is -1.89. The van der Waals surface area contributed by atoms with Crippen molar-refractivity contribution in [2.75, 3.05) is 19.8 Å². The number of rotatable bonds is 9. The van der Waals surface area contributed by atoms with Gasteiger partial charge in [0, 0.05) is 25.1 Å². The van der Waals surface area contributed by atoms with Gasteiger partial charge in [0.05, 0.1) is 18.4 Å². The lowest BCUT2D eigenvalue weighted by atomic mass is 9.68. The zero-order valence-electron chi connectivity index (χ0n) is 18.9. The van der Waals surface area contributed by atoms with Crippen LogP contribution < -0.4 is 5.32 Å². The summed E-state index contributed by atoms with van der Waals surface area (Å²) in [6.45, 7) is 4.36. The van der Waals surface area contributed by atoms with Crippen LogP contribution in [0.15, 0.2) is 12.2 Å². The van der Waals surface area contributed by atoms with E-state index in [0.29, 0.717) is 13.0 Å². The Morgan fingerprint density at radius 1 is 1.19 bits per heavy atom. The minimum atomic E-state index is -0.637. The van der Waals surface area contributed by atoms with Gasteiger partial charge in [-0.1, -0.05) is 44.8 Å². The highest BCUT2D eigenvalue weighted by Crippen LogP contribution is 2.45. The summed E-state index contributed by atoms with van der Waals surface area (Å²) in [6, 6.07) is -0.488. The molecule has 0 unspecified atom stereocenters. The third-order valence-electron chi connectivity index (χ3n) is 7.07. The number of carbonyl (C=O) groups is 3. The van der Waals surface area contributed by atoms with Gasteiger partial charge in [-0.25, -0.2) is 0 Å². The van der Waals surface area contributed by atoms with E-state index in [1.54, 1.807) is 11.8 Å². The number of aliphatic hydroxyl groups excluding tert-OH is 1. The predicted octanol–water partition coefficient (Wildman–Crippen LogP) is 2.43. The standard InChI is InChI=1S/C24H38N2O5/c1-3-9-16-12-13-18-20(19(16)24(30)31-4-2)23(29)26(14-8-15-27)21(18)22(28)25-17-10-6-5-7-11-17/h12-13,16-21,27H,3-11,14-15H2,1-2H3,(H,25,28)/t16-,18+,19-,20+,21+/m1/s1. The molecule has 174 valence electrons. The topological polar surface area (TPSA) is 95.9 Å². The second-order valence-corrected chi connectivity index (χ2v) is 9.12. The molecule has 7 heteroatoms. The van der Waals surface area contributed by atoms with Crippen molar-refractivity contribution in [1.29, 1.82) is 0 Å². The van der Waals surface area contributed by atoms with E-state index in [1.807, 2.05) is 12.2 Å². The van der Waals surface area contributed by atoms with E-state index in [-0.39, 0.29) is 48.9 Å². The zero-order valence-corrected chi connectivity index (χ0v) is 18.9. The highest BCUT2D eigenvalue weighted by atomic mass is 16.5. The van der Waals surface area contributed by atoms with E-state index in [4.69, 9.17) is 4.74 Å². The Morgan fingerprint density at radius 3 is 2.58 bits per heavy atom. The molecule has 1 saturated heterocycles. The van der Waals surface area contributed by atoms with E-state index in [0.717, 1.165) is 38.5 Å². The smallest absolute Gasteiger partial charge is 0.310 e. The molecule has 0 radical (unpaired) electrons. The average molecular weight is 435 g/mol. The minimum absolute atomic E-state index is 0.0499. The first kappa shape index (κ1) is 23.8. The van der Waals surface area contributed by atoms with E-state index in [2.05, 4.69) is 12.2 Å². The quantitative estimate of drug-likeness (QED) is 0.429. The molecule has 1 aliphatic heterocycles. The molecule has 3 rings (SSSR count). The molecule has 3 aliphatic rings. The van der Waals surface area contributed by atoms with E-state index >= 15 is 0 Å². The maximum Gasteiger partial charge on any atom is 0.310 e. The summed E-state index contributed by atoms with van der Waals surface area (Å²) in [6.07, 6.45) is 11.5. The van der Waals surface area contributed by atoms with Crippen LogP contribution >= 0.6 is 0 Å². The van der Waals surface area contributed by atoms with Crippen LogP contribution in [0.1, 0.15) is 65.2 Å². The molecule has 31 heavy (non-hydrogen) atoms. The van der Waals surface area contributed by atoms with E-state index in [9.17, 15) is 19.5 Å². The highest BCUT2D eigenvalue weighted by Gasteiger charge is 2.57. The van der Waals surface area contributed by atoms with Crippen LogP contribution in [-0.4, -0.2) is 59.6 Å². The first-order chi connectivity index (χ1) is 15.0. The number of ether oxygens (including phenoxy) is 1. The molecular weight excluding hydrogens is 396 g/mol. The van der Waals surface area contributed by atoms with E-state index in [1.165, 1.54) is 6.42 Å². The molecule has 0 bridgehead atoms. The minimum Gasteiger partial charge on any atom is -0.466 e. The Labute approximate surface area is 185 Å². The maximum atomic E-state index is 13.5. The SMILES string of the molecule is CCC[C@@H]1C=C[C@H]2[C@H](C(=O)N(CCCO)[C@@H]2C(=O)NC2CCCCC2)[C@@H]1C(=O)OCC. The number of allylic oxidation sites excluding steroid dienone is 1. The first-order valence-corrected chi connectivity index (χ1v) is 12.1. The lowest BCUT2D eigenvalue weighted by Gasteiger charge is -2.34. The molecule has 2 fully saturated rings. The van der Waals surface area contributed by atoms with Gasteiger partial charge in [-0.2, -0.15) is 0 Å². The van der Waals surface area contributed by atoms with Crippen molar-refractivity contribution in [3.8, 4) is 0 Å². The summed E-state index contributed by atoms with van der Waals surface area (Å²) in [5.74, 6) is -2.19. The van der Waals surface area contributed by atoms with Crippen LogP contribution in [0.4, 0.5) is 0 Å². The Balaban J connectivity index is 1.89. The lowest BCUT2D eigenvalue weighted by molar-refractivity contribution is -0.155. The third-order valence-corrected chi connectivity index (χ3v) is 7.07. The Kier molecular flexibility index (Phi) is 8.52. The van der Waals surface area contributed by atoms with Gasteiger partial charge in [-0.15, -0.1) is 0 Å². The number of nitrogens with zero attached hydrogens (tertiary/aromatic N) is 1. The van der Waals surface area contributed by atoms with Gasteiger partial charge in [0.25, 0.3) is 0 Å². The van der Waals surface area contributed by atoms with Crippen LogP contribution in [0.25, 0.3) is 0 Å². The number of nitrogens with one attached hydrogen (secondary N) is 1. The molecule has 0 spiro atoms. The molecular formula is C24H38N2O5. The molecule has 2 amide bonds. The van der Waals surface area contributed by atoms with Crippen LogP contribution in [0.2, 0.25) is 0 Å². The van der Waals surface area contributed by atoms with E-state index < -0.39 is 17.9 Å². The zero-order chi connectivity index (χ0) is 22.4.